The van der Waals surface area contributed by atoms with E-state index in [4.69, 9.17) is 4.42 Å². The van der Waals surface area contributed by atoms with Gasteiger partial charge in [-0.2, -0.15) is 5.10 Å². The summed E-state index contributed by atoms with van der Waals surface area (Å²) < 4.78 is 5.27. The van der Waals surface area contributed by atoms with Crippen molar-refractivity contribution < 1.29 is 4.42 Å². The molecule has 0 radical (unpaired) electrons. The summed E-state index contributed by atoms with van der Waals surface area (Å²) >= 11 is 0. The lowest BCUT2D eigenvalue weighted by atomic mass is 9.96. The summed E-state index contributed by atoms with van der Waals surface area (Å²) in [5, 5.41) is 12.4. The van der Waals surface area contributed by atoms with E-state index in [2.05, 4.69) is 60.7 Å². The number of pyridine rings is 2. The van der Waals surface area contributed by atoms with E-state index in [1.54, 1.807) is 12.5 Å². The molecule has 33 heavy (non-hydrogen) atoms. The summed E-state index contributed by atoms with van der Waals surface area (Å²) in [5.74, 6) is 0. The third kappa shape index (κ3) is 3.34. The van der Waals surface area contributed by atoms with Gasteiger partial charge in [0.15, 0.2) is 0 Å². The zero-order valence-corrected chi connectivity index (χ0v) is 18.3. The van der Waals surface area contributed by atoms with Crippen molar-refractivity contribution >= 4 is 28.0 Å². The summed E-state index contributed by atoms with van der Waals surface area (Å²) in [6.45, 7) is 0. The Balaban J connectivity index is 1.38. The quantitative estimate of drug-likeness (QED) is 0.396. The zero-order chi connectivity index (χ0) is 22.4. The number of nitrogens with one attached hydrogen (secondary N) is 2. The molecule has 0 amide bonds. The first-order chi connectivity index (χ1) is 16.2. The van der Waals surface area contributed by atoms with Crippen LogP contribution in [0, 0.1) is 0 Å². The predicted molar refractivity (Wildman–Crippen MR) is 131 cm³/mol. The molecule has 6 rings (SSSR count). The third-order valence-electron chi connectivity index (χ3n) is 6.06. The van der Waals surface area contributed by atoms with Crippen molar-refractivity contribution in [1.82, 2.24) is 20.2 Å². The number of fused-ring (bicyclic) bond motifs is 2. The Hall–Kier alpha value is -4.39. The van der Waals surface area contributed by atoms with E-state index in [1.165, 1.54) is 5.56 Å². The predicted octanol–water partition coefficient (Wildman–Crippen LogP) is 5.36. The van der Waals surface area contributed by atoms with Gasteiger partial charge >= 0.3 is 0 Å². The molecule has 162 valence electrons. The minimum absolute atomic E-state index is 0.781. The molecular formula is C26H22N6O. The van der Waals surface area contributed by atoms with Gasteiger partial charge in [0.25, 0.3) is 0 Å². The Morgan fingerprint density at radius 3 is 2.70 bits per heavy atom. The van der Waals surface area contributed by atoms with Crippen LogP contribution in [0.4, 0.5) is 11.4 Å². The molecule has 0 unspecified atom stereocenters. The van der Waals surface area contributed by atoms with Crippen molar-refractivity contribution in [3.8, 4) is 22.3 Å². The number of benzene rings is 1. The molecule has 0 bridgehead atoms. The SMILES string of the molecule is CN(C)c1cncc(-c2ccc3[nH]nc(C4=CCc5c(cncc5-c5ccoc5)N4)c3c2)c1. The van der Waals surface area contributed by atoms with E-state index >= 15 is 0 Å². The van der Waals surface area contributed by atoms with E-state index in [1.807, 2.05) is 44.9 Å². The molecule has 0 fully saturated rings. The van der Waals surface area contributed by atoms with Crippen LogP contribution in [0.5, 0.6) is 0 Å². The van der Waals surface area contributed by atoms with E-state index in [0.717, 1.165) is 62.3 Å². The molecule has 7 heteroatoms. The number of hydrogen-bond donors (Lipinski definition) is 2. The summed E-state index contributed by atoms with van der Waals surface area (Å²) in [7, 11) is 4.04. The molecule has 0 spiro atoms. The van der Waals surface area contributed by atoms with Crippen molar-refractivity contribution in [3.05, 3.63) is 85.0 Å². The van der Waals surface area contributed by atoms with Gasteiger partial charge in [-0.3, -0.25) is 15.1 Å². The highest BCUT2D eigenvalue weighted by Gasteiger charge is 2.20. The first kappa shape index (κ1) is 19.3. The second kappa shape index (κ2) is 7.63. The second-order valence-corrected chi connectivity index (χ2v) is 8.33. The molecule has 1 aliphatic rings. The van der Waals surface area contributed by atoms with Crippen LogP contribution in [0.15, 0.2) is 78.1 Å². The van der Waals surface area contributed by atoms with Crippen LogP contribution in [0.1, 0.15) is 11.3 Å². The highest BCUT2D eigenvalue weighted by Crippen LogP contribution is 2.36. The fraction of sp³-hybridized carbons (Fsp3) is 0.115. The molecule has 1 aromatic carbocycles. The van der Waals surface area contributed by atoms with Crippen LogP contribution < -0.4 is 10.2 Å². The van der Waals surface area contributed by atoms with Crippen molar-refractivity contribution in [3.63, 3.8) is 0 Å². The minimum Gasteiger partial charge on any atom is -0.472 e. The van der Waals surface area contributed by atoms with Gasteiger partial charge in [-0.1, -0.05) is 12.1 Å². The van der Waals surface area contributed by atoms with Crippen LogP contribution >= 0.6 is 0 Å². The standard InChI is InChI=1S/C26H22N6O/c1-32(2)19-9-18(11-27-12-19)16-3-5-23-21(10-16)26(31-30-23)24-6-4-20-22(17-7-8-33-15-17)13-28-14-25(20)29-24/h3,5-15,29H,4H2,1-2H3,(H,30,31). The monoisotopic (exact) mass is 434 g/mol. The van der Waals surface area contributed by atoms with Gasteiger partial charge in [0.1, 0.15) is 5.69 Å². The van der Waals surface area contributed by atoms with E-state index < -0.39 is 0 Å². The largest absolute Gasteiger partial charge is 0.472 e. The molecule has 2 N–H and O–H groups in total. The Morgan fingerprint density at radius 1 is 0.939 bits per heavy atom. The maximum Gasteiger partial charge on any atom is 0.116 e. The van der Waals surface area contributed by atoms with Crippen LogP contribution in [0.2, 0.25) is 0 Å². The molecule has 0 saturated heterocycles. The maximum atomic E-state index is 5.27. The van der Waals surface area contributed by atoms with Crippen LogP contribution in [0.25, 0.3) is 38.9 Å². The lowest BCUT2D eigenvalue weighted by Crippen LogP contribution is -2.09. The molecular weight excluding hydrogens is 412 g/mol. The minimum atomic E-state index is 0.781. The lowest BCUT2D eigenvalue weighted by Gasteiger charge is -2.20. The number of rotatable bonds is 4. The number of aromatic nitrogens is 4. The molecule has 0 aliphatic carbocycles. The van der Waals surface area contributed by atoms with Gasteiger partial charge in [0.05, 0.1) is 47.5 Å². The number of furan rings is 1. The van der Waals surface area contributed by atoms with Gasteiger partial charge in [0, 0.05) is 48.6 Å². The smallest absolute Gasteiger partial charge is 0.116 e. The third-order valence-corrected chi connectivity index (χ3v) is 6.06. The molecule has 5 aromatic rings. The number of allylic oxidation sites excluding steroid dienone is 1. The van der Waals surface area contributed by atoms with Crippen molar-refractivity contribution in [1.29, 1.82) is 0 Å². The average Bonchev–Trinajstić information content (AvgIpc) is 3.53. The highest BCUT2D eigenvalue weighted by molar-refractivity contribution is 5.97. The molecule has 5 heterocycles. The molecule has 4 aromatic heterocycles. The van der Waals surface area contributed by atoms with Crippen LogP contribution in [0.3, 0.4) is 0 Å². The van der Waals surface area contributed by atoms with Gasteiger partial charge in [-0.05, 0) is 41.8 Å². The van der Waals surface area contributed by atoms with E-state index in [-0.39, 0.29) is 0 Å². The topological polar surface area (TPSA) is 82.9 Å². The fourth-order valence-corrected chi connectivity index (χ4v) is 4.27. The van der Waals surface area contributed by atoms with E-state index in [0.29, 0.717) is 0 Å². The first-order valence-electron chi connectivity index (χ1n) is 10.8. The van der Waals surface area contributed by atoms with Crippen LogP contribution in [-0.2, 0) is 6.42 Å². The molecule has 0 atom stereocenters. The summed E-state index contributed by atoms with van der Waals surface area (Å²) in [6.07, 6.45) is 13.9. The van der Waals surface area contributed by atoms with E-state index in [9.17, 15) is 0 Å². The van der Waals surface area contributed by atoms with Crippen molar-refractivity contribution in [2.75, 3.05) is 24.3 Å². The zero-order valence-electron chi connectivity index (χ0n) is 18.3. The molecule has 7 nitrogen and oxygen atoms in total. The second-order valence-electron chi connectivity index (χ2n) is 8.33. The Kier molecular flexibility index (Phi) is 4.47. The number of nitrogens with zero attached hydrogens (tertiary/aromatic N) is 4. The van der Waals surface area contributed by atoms with Gasteiger partial charge in [0.2, 0.25) is 0 Å². The fourth-order valence-electron chi connectivity index (χ4n) is 4.27. The average molecular weight is 435 g/mol. The summed E-state index contributed by atoms with van der Waals surface area (Å²) in [4.78, 5) is 10.9. The molecule has 1 aliphatic heterocycles. The summed E-state index contributed by atoms with van der Waals surface area (Å²) in [5.41, 5.74) is 10.4. The van der Waals surface area contributed by atoms with Gasteiger partial charge < -0.3 is 14.6 Å². The van der Waals surface area contributed by atoms with Crippen molar-refractivity contribution in [2.45, 2.75) is 6.42 Å². The highest BCUT2D eigenvalue weighted by atomic mass is 16.3. The first-order valence-corrected chi connectivity index (χ1v) is 10.8. The number of H-pyrrole nitrogens is 1. The Labute approximate surface area is 190 Å². The maximum absolute atomic E-state index is 5.27. The number of anilines is 2. The number of hydrogen-bond acceptors (Lipinski definition) is 6. The van der Waals surface area contributed by atoms with Gasteiger partial charge in [-0.15, -0.1) is 0 Å². The Bertz CT molecular complexity index is 1500. The Morgan fingerprint density at radius 2 is 1.85 bits per heavy atom. The normalized spacial score (nSPS) is 12.8. The van der Waals surface area contributed by atoms with Crippen LogP contribution in [-0.4, -0.2) is 34.3 Å². The molecule has 0 saturated carbocycles. The lowest BCUT2D eigenvalue weighted by molar-refractivity contribution is 0.568. The summed E-state index contributed by atoms with van der Waals surface area (Å²) in [6, 6.07) is 10.4. The van der Waals surface area contributed by atoms with Crippen molar-refractivity contribution in [2.24, 2.45) is 0 Å². The van der Waals surface area contributed by atoms with Gasteiger partial charge in [-0.25, -0.2) is 0 Å². The number of aromatic amines is 1.